The number of rotatable bonds is 17. The molecule has 0 fully saturated rings. The first-order valence-electron chi connectivity index (χ1n) is 16.5. The van der Waals surface area contributed by atoms with Crippen LogP contribution in [0.15, 0.2) is 106 Å². The molecule has 0 unspecified atom stereocenters. The maximum atomic E-state index is 14.1. The van der Waals surface area contributed by atoms with Crippen molar-refractivity contribution in [1.29, 1.82) is 0 Å². The molecule has 4 rings (SSSR count). The number of amides is 1. The molecule has 0 aliphatic carbocycles. The maximum Gasteiger partial charge on any atom is 0.329 e. The van der Waals surface area contributed by atoms with Gasteiger partial charge in [-0.2, -0.15) is 4.31 Å². The van der Waals surface area contributed by atoms with Gasteiger partial charge in [0.05, 0.1) is 34.7 Å². The standard InChI is InChI=1S/C36H44N6O8S/c1-25(2)22-40(51(49,50)31-15-13-28(14-16-31)21-37-46)24-33(43)32(20-27-9-6-5-7-10-27)38-35(44)34(26(3)4)41-18-17-39(36(41)45)23-29-11-8-12-30(19-29)42(47)48/h5-19,21,25-26,32-34,43,46H,20,22-24H2,1-4H3,(H,38,44)/t32-,33+,34-/m0/s1. The molecule has 14 nitrogen and oxygen atoms in total. The van der Waals surface area contributed by atoms with Crippen molar-refractivity contribution in [2.24, 2.45) is 17.0 Å². The summed E-state index contributed by atoms with van der Waals surface area (Å²) in [6, 6.07) is 19.0. The lowest BCUT2D eigenvalue weighted by atomic mass is 9.98. The van der Waals surface area contributed by atoms with Gasteiger partial charge >= 0.3 is 5.69 Å². The third-order valence-corrected chi connectivity index (χ3v) is 10.2. The van der Waals surface area contributed by atoms with Gasteiger partial charge in [0.1, 0.15) is 6.04 Å². The van der Waals surface area contributed by atoms with E-state index < -0.39 is 44.7 Å². The Kier molecular flexibility index (Phi) is 13.0. The number of imidazole rings is 1. The molecule has 0 spiro atoms. The predicted molar refractivity (Wildman–Crippen MR) is 192 cm³/mol. The number of nitrogens with zero attached hydrogens (tertiary/aromatic N) is 5. The molecule has 1 heterocycles. The molecule has 3 N–H and O–H groups in total. The van der Waals surface area contributed by atoms with Crippen LogP contribution in [0.25, 0.3) is 0 Å². The fraction of sp³-hybridized carbons (Fsp3) is 0.361. The number of nitrogens with one attached hydrogen (secondary N) is 1. The van der Waals surface area contributed by atoms with Crippen molar-refractivity contribution < 1.29 is 28.4 Å². The van der Waals surface area contributed by atoms with Crippen LogP contribution in [0.3, 0.4) is 0 Å². The molecule has 3 aromatic carbocycles. The number of sulfonamides is 1. The lowest BCUT2D eigenvalue weighted by molar-refractivity contribution is -0.384. The highest BCUT2D eigenvalue weighted by molar-refractivity contribution is 7.89. The van der Waals surface area contributed by atoms with Gasteiger partial charge in [-0.3, -0.25) is 24.0 Å². The van der Waals surface area contributed by atoms with E-state index in [0.717, 1.165) is 5.56 Å². The zero-order valence-corrected chi connectivity index (χ0v) is 29.8. The smallest absolute Gasteiger partial charge is 0.329 e. The SMILES string of the molecule is CC(C)CN(C[C@@H](O)[C@H](Cc1ccccc1)NC(=O)[C@H](C(C)C)n1ccn(Cc2cccc([N+](=O)[O-])c2)c1=O)S(=O)(=O)c1ccc(C=NO)cc1. The maximum absolute atomic E-state index is 14.1. The van der Waals surface area contributed by atoms with Crippen molar-refractivity contribution in [2.45, 2.75) is 63.7 Å². The Morgan fingerprint density at radius 1 is 0.980 bits per heavy atom. The van der Waals surface area contributed by atoms with Crippen molar-refractivity contribution in [3.05, 3.63) is 129 Å². The molecule has 3 atom stereocenters. The molecule has 1 amide bonds. The number of hydrogen-bond donors (Lipinski definition) is 3. The average Bonchev–Trinajstić information content (AvgIpc) is 3.43. The first-order valence-corrected chi connectivity index (χ1v) is 18.0. The van der Waals surface area contributed by atoms with Crippen LogP contribution in [0.2, 0.25) is 0 Å². The molecule has 4 aromatic rings. The number of aliphatic hydroxyl groups excluding tert-OH is 1. The monoisotopic (exact) mass is 720 g/mol. The van der Waals surface area contributed by atoms with E-state index in [2.05, 4.69) is 10.5 Å². The second kappa shape index (κ2) is 17.2. The number of carbonyl (C=O) groups is 1. The summed E-state index contributed by atoms with van der Waals surface area (Å²) in [5.41, 5.74) is 1.23. The Morgan fingerprint density at radius 3 is 2.25 bits per heavy atom. The van der Waals surface area contributed by atoms with Crippen LogP contribution in [0.1, 0.15) is 50.4 Å². The summed E-state index contributed by atoms with van der Waals surface area (Å²) in [6.45, 7) is 7.09. The van der Waals surface area contributed by atoms with Crippen molar-refractivity contribution >= 4 is 27.8 Å². The van der Waals surface area contributed by atoms with Crippen LogP contribution in [0.4, 0.5) is 5.69 Å². The Bertz CT molecular complexity index is 1970. The lowest BCUT2D eigenvalue weighted by Crippen LogP contribution is -2.53. The van der Waals surface area contributed by atoms with Crippen molar-refractivity contribution in [1.82, 2.24) is 18.8 Å². The highest BCUT2D eigenvalue weighted by Gasteiger charge is 2.34. The number of hydrogen-bond acceptors (Lipinski definition) is 9. The molecule has 0 saturated carbocycles. The van der Waals surface area contributed by atoms with Crippen molar-refractivity contribution in [3.63, 3.8) is 0 Å². The van der Waals surface area contributed by atoms with E-state index in [4.69, 9.17) is 5.21 Å². The number of non-ortho nitro benzene ring substituents is 1. The van der Waals surface area contributed by atoms with Gasteiger partial charge in [-0.1, -0.05) is 87.4 Å². The Labute approximate surface area is 296 Å². The van der Waals surface area contributed by atoms with Crippen LogP contribution in [-0.4, -0.2) is 74.5 Å². The number of oxime groups is 1. The van der Waals surface area contributed by atoms with Gasteiger partial charge in [0.15, 0.2) is 0 Å². The first kappa shape index (κ1) is 38.7. The third-order valence-electron chi connectivity index (χ3n) is 8.32. The van der Waals surface area contributed by atoms with E-state index in [0.29, 0.717) is 11.1 Å². The molecule has 272 valence electrons. The van der Waals surface area contributed by atoms with E-state index in [-0.39, 0.29) is 48.5 Å². The van der Waals surface area contributed by atoms with Crippen LogP contribution in [-0.2, 0) is 27.8 Å². The van der Waals surface area contributed by atoms with Gasteiger partial charge < -0.3 is 15.6 Å². The summed E-state index contributed by atoms with van der Waals surface area (Å²) in [5.74, 6) is -1.01. The van der Waals surface area contributed by atoms with E-state index in [1.807, 2.05) is 44.2 Å². The number of aliphatic hydroxyl groups is 1. The van der Waals surface area contributed by atoms with Gasteiger partial charge in [0.25, 0.3) is 5.69 Å². The molecule has 0 bridgehead atoms. The van der Waals surface area contributed by atoms with Crippen LogP contribution < -0.4 is 11.0 Å². The number of nitro groups is 1. The van der Waals surface area contributed by atoms with E-state index in [1.54, 1.807) is 19.9 Å². The minimum atomic E-state index is -4.10. The number of nitro benzene ring substituents is 1. The molecule has 0 radical (unpaired) electrons. The van der Waals surface area contributed by atoms with Gasteiger partial charge in [0, 0.05) is 37.6 Å². The van der Waals surface area contributed by atoms with Crippen molar-refractivity contribution in [2.75, 3.05) is 13.1 Å². The fourth-order valence-corrected chi connectivity index (χ4v) is 7.47. The predicted octanol–water partition coefficient (Wildman–Crippen LogP) is 4.05. The minimum absolute atomic E-state index is 0.0112. The highest BCUT2D eigenvalue weighted by Crippen LogP contribution is 2.22. The molecule has 1 aromatic heterocycles. The summed E-state index contributed by atoms with van der Waals surface area (Å²) >= 11 is 0. The zero-order chi connectivity index (χ0) is 37.3. The molecular weight excluding hydrogens is 676 g/mol. The van der Waals surface area contributed by atoms with Gasteiger partial charge in [0.2, 0.25) is 15.9 Å². The van der Waals surface area contributed by atoms with Gasteiger partial charge in [-0.25, -0.2) is 13.2 Å². The Hall–Kier alpha value is -5.12. The summed E-state index contributed by atoms with van der Waals surface area (Å²) in [6.07, 6.45) is 2.99. The second-order valence-electron chi connectivity index (χ2n) is 13.1. The van der Waals surface area contributed by atoms with Crippen molar-refractivity contribution in [3.8, 4) is 0 Å². The molecule has 0 saturated heterocycles. The first-order chi connectivity index (χ1) is 24.2. The summed E-state index contributed by atoms with van der Waals surface area (Å²) in [7, 11) is -4.10. The normalized spacial score (nSPS) is 13.9. The largest absolute Gasteiger partial charge is 0.411 e. The van der Waals surface area contributed by atoms with E-state index in [1.165, 1.54) is 74.5 Å². The topological polar surface area (TPSA) is 189 Å². The molecule has 51 heavy (non-hydrogen) atoms. The Balaban J connectivity index is 1.62. The van der Waals surface area contributed by atoms with Crippen LogP contribution >= 0.6 is 0 Å². The second-order valence-corrected chi connectivity index (χ2v) is 15.1. The summed E-state index contributed by atoms with van der Waals surface area (Å²) in [5, 5.41) is 37.7. The molecular formula is C36H44N6O8S. The zero-order valence-electron chi connectivity index (χ0n) is 28.9. The number of benzene rings is 3. The van der Waals surface area contributed by atoms with E-state index in [9.17, 15) is 33.2 Å². The third kappa shape index (κ3) is 9.99. The van der Waals surface area contributed by atoms with Gasteiger partial charge in [-0.15, -0.1) is 0 Å². The molecule has 15 heteroatoms. The molecule has 0 aliphatic rings. The summed E-state index contributed by atoms with van der Waals surface area (Å²) < 4.78 is 31.6. The molecule has 0 aliphatic heterocycles. The quantitative estimate of drug-likeness (QED) is 0.0630. The van der Waals surface area contributed by atoms with Crippen LogP contribution in [0, 0.1) is 22.0 Å². The van der Waals surface area contributed by atoms with E-state index >= 15 is 0 Å². The summed E-state index contributed by atoms with van der Waals surface area (Å²) in [4.78, 5) is 38.4. The number of aromatic nitrogens is 2. The highest BCUT2D eigenvalue weighted by atomic mass is 32.2. The number of carbonyl (C=O) groups excluding carboxylic acids is 1. The van der Waals surface area contributed by atoms with Crippen LogP contribution in [0.5, 0.6) is 0 Å². The minimum Gasteiger partial charge on any atom is -0.411 e. The van der Waals surface area contributed by atoms with Gasteiger partial charge in [-0.05, 0) is 47.1 Å². The Morgan fingerprint density at radius 2 is 1.65 bits per heavy atom. The average molecular weight is 721 g/mol. The fourth-order valence-electron chi connectivity index (χ4n) is 5.85. The lowest BCUT2D eigenvalue weighted by Gasteiger charge is -2.32.